The summed E-state index contributed by atoms with van der Waals surface area (Å²) in [5.74, 6) is 1.47. The van der Waals surface area contributed by atoms with Crippen molar-refractivity contribution in [2.75, 3.05) is 37.8 Å². The number of carbonyl (C=O) groups is 1. The Morgan fingerprint density at radius 2 is 1.91 bits per heavy atom. The number of ketones is 1. The zero-order chi connectivity index (χ0) is 22.1. The van der Waals surface area contributed by atoms with E-state index in [0.717, 1.165) is 0 Å². The van der Waals surface area contributed by atoms with Crippen LogP contribution in [0.25, 0.3) is 11.4 Å². The van der Waals surface area contributed by atoms with Gasteiger partial charge in [-0.2, -0.15) is 0 Å². The largest absolute Gasteiger partial charge is 0.486 e. The summed E-state index contributed by atoms with van der Waals surface area (Å²) in [4.78, 5) is 40.3. The summed E-state index contributed by atoms with van der Waals surface area (Å²) in [7, 11) is 1.65. The predicted molar refractivity (Wildman–Crippen MR) is 114 cm³/mol. The summed E-state index contributed by atoms with van der Waals surface area (Å²) in [5.41, 5.74) is 1.27. The molecule has 4 heterocycles. The van der Waals surface area contributed by atoms with Crippen LogP contribution in [0.3, 0.4) is 0 Å². The topological polar surface area (TPSA) is 109 Å². The second kappa shape index (κ2) is 8.39. The maximum Gasteiger partial charge on any atom is 0.255 e. The molecule has 1 unspecified atom stereocenters. The van der Waals surface area contributed by atoms with Gasteiger partial charge in [0.1, 0.15) is 25.6 Å². The third-order valence-corrected chi connectivity index (χ3v) is 5.42. The van der Waals surface area contributed by atoms with Crippen molar-refractivity contribution in [2.45, 2.75) is 6.10 Å². The third kappa shape index (κ3) is 3.80. The molecule has 10 heteroatoms. The van der Waals surface area contributed by atoms with Crippen LogP contribution in [0.4, 0.5) is 5.95 Å². The zero-order valence-electron chi connectivity index (χ0n) is 17.4. The number of fused-ring (bicyclic) bond motifs is 1. The second-order valence-corrected chi connectivity index (χ2v) is 7.46. The minimum Gasteiger partial charge on any atom is -0.486 e. The molecule has 1 atom stereocenters. The van der Waals surface area contributed by atoms with Gasteiger partial charge in [0.2, 0.25) is 5.95 Å². The van der Waals surface area contributed by atoms with Crippen LogP contribution in [0.1, 0.15) is 10.4 Å². The number of carbonyl (C=O) groups excluding carboxylic acids is 1. The maximum atomic E-state index is 13.1. The molecule has 2 aromatic heterocycles. The van der Waals surface area contributed by atoms with E-state index in [-0.39, 0.29) is 17.9 Å². The molecule has 2 aliphatic rings. The van der Waals surface area contributed by atoms with Crippen molar-refractivity contribution in [1.82, 2.24) is 19.5 Å². The van der Waals surface area contributed by atoms with Crippen molar-refractivity contribution in [3.8, 4) is 22.9 Å². The molecule has 3 aromatic rings. The van der Waals surface area contributed by atoms with Crippen molar-refractivity contribution < 1.29 is 19.0 Å². The number of nitrogens with zero attached hydrogens (tertiary/aromatic N) is 5. The Kier molecular flexibility index (Phi) is 5.28. The molecule has 0 spiro atoms. The molecule has 1 saturated heterocycles. The number of aromatic nitrogens is 4. The molecular formula is C22H21N5O5. The van der Waals surface area contributed by atoms with Gasteiger partial charge in [0, 0.05) is 31.4 Å². The van der Waals surface area contributed by atoms with Crippen molar-refractivity contribution in [2.24, 2.45) is 7.05 Å². The minimum absolute atomic E-state index is 0.163. The lowest BCUT2D eigenvalue weighted by Crippen LogP contribution is -2.48. The molecule has 0 aliphatic carbocycles. The normalized spacial score (nSPS) is 17.8. The summed E-state index contributed by atoms with van der Waals surface area (Å²) in [5, 5.41) is 0. The van der Waals surface area contributed by atoms with E-state index in [1.54, 1.807) is 37.5 Å². The van der Waals surface area contributed by atoms with Crippen LogP contribution in [0, 0.1) is 0 Å². The van der Waals surface area contributed by atoms with Gasteiger partial charge in [0.15, 0.2) is 17.3 Å². The average Bonchev–Trinajstić information content (AvgIpc) is 2.85. The molecule has 0 bridgehead atoms. The van der Waals surface area contributed by atoms with Crippen molar-refractivity contribution in [3.05, 3.63) is 58.8 Å². The highest BCUT2D eigenvalue weighted by atomic mass is 16.6. The fourth-order valence-corrected chi connectivity index (χ4v) is 3.76. The summed E-state index contributed by atoms with van der Waals surface area (Å²) in [6.07, 6.45) is 2.30. The van der Waals surface area contributed by atoms with Crippen molar-refractivity contribution in [3.63, 3.8) is 0 Å². The first-order valence-corrected chi connectivity index (χ1v) is 10.2. The molecule has 1 aromatic carbocycles. The Labute approximate surface area is 183 Å². The number of rotatable bonds is 4. The number of anilines is 1. The van der Waals surface area contributed by atoms with Crippen molar-refractivity contribution in [1.29, 1.82) is 0 Å². The number of ether oxygens (including phenoxy) is 3. The number of hydrogen-bond donors (Lipinski definition) is 0. The molecule has 0 N–H and O–H groups in total. The molecule has 10 nitrogen and oxygen atoms in total. The van der Waals surface area contributed by atoms with E-state index < -0.39 is 6.10 Å². The van der Waals surface area contributed by atoms with E-state index in [1.807, 2.05) is 4.90 Å². The first-order valence-electron chi connectivity index (χ1n) is 10.2. The van der Waals surface area contributed by atoms with Crippen molar-refractivity contribution >= 4 is 11.7 Å². The van der Waals surface area contributed by atoms with Gasteiger partial charge in [0.05, 0.1) is 24.5 Å². The summed E-state index contributed by atoms with van der Waals surface area (Å²) in [6, 6.07) is 8.26. The van der Waals surface area contributed by atoms with Gasteiger partial charge in [-0.3, -0.25) is 14.2 Å². The number of hydrogen-bond acceptors (Lipinski definition) is 9. The van der Waals surface area contributed by atoms with Crippen LogP contribution >= 0.6 is 0 Å². The van der Waals surface area contributed by atoms with Gasteiger partial charge in [0.25, 0.3) is 5.56 Å². The average molecular weight is 435 g/mol. The second-order valence-electron chi connectivity index (χ2n) is 7.46. The highest BCUT2D eigenvalue weighted by molar-refractivity contribution is 6.00. The summed E-state index contributed by atoms with van der Waals surface area (Å²) < 4.78 is 18.4. The minimum atomic E-state index is -0.703. The van der Waals surface area contributed by atoms with Gasteiger partial charge in [-0.05, 0) is 24.3 Å². The lowest BCUT2D eigenvalue weighted by atomic mass is 10.0. The third-order valence-electron chi connectivity index (χ3n) is 5.42. The van der Waals surface area contributed by atoms with Crippen LogP contribution in [0.15, 0.2) is 47.7 Å². The molecule has 0 amide bonds. The number of Topliss-reactive ketones (excluding diaryl/α,β-unsaturated/α-hetero) is 1. The fourth-order valence-electron chi connectivity index (χ4n) is 3.76. The van der Waals surface area contributed by atoms with E-state index >= 15 is 0 Å². The molecule has 1 fully saturated rings. The van der Waals surface area contributed by atoms with Crippen LogP contribution in [-0.4, -0.2) is 64.3 Å². The fraction of sp³-hybridized carbons (Fsp3) is 0.318. The van der Waals surface area contributed by atoms with E-state index in [0.29, 0.717) is 60.8 Å². The monoisotopic (exact) mass is 435 g/mol. The molecule has 32 heavy (non-hydrogen) atoms. The number of benzene rings is 1. The van der Waals surface area contributed by atoms with Crippen LogP contribution in [0.5, 0.6) is 11.5 Å². The summed E-state index contributed by atoms with van der Waals surface area (Å²) in [6.45, 7) is 2.02. The first-order chi connectivity index (χ1) is 15.6. The van der Waals surface area contributed by atoms with Gasteiger partial charge in [-0.25, -0.2) is 15.0 Å². The van der Waals surface area contributed by atoms with Gasteiger partial charge in [-0.1, -0.05) is 0 Å². The lowest BCUT2D eigenvalue weighted by molar-refractivity contribution is 0.0336. The van der Waals surface area contributed by atoms with E-state index in [9.17, 15) is 9.59 Å². The Hall–Kier alpha value is -3.79. The smallest absolute Gasteiger partial charge is 0.255 e. The highest BCUT2D eigenvalue weighted by Crippen LogP contribution is 2.31. The molecule has 164 valence electrons. The highest BCUT2D eigenvalue weighted by Gasteiger charge is 2.30. The van der Waals surface area contributed by atoms with Crippen LogP contribution in [-0.2, 0) is 11.8 Å². The maximum absolute atomic E-state index is 13.1. The molecule has 2 aliphatic heterocycles. The quantitative estimate of drug-likeness (QED) is 0.557. The SMILES string of the molecule is Cn1c(N2CCOC(C(=O)c3ccc4c(c3)OCCO4)C2)nc(-c2ccncn2)cc1=O. The van der Waals surface area contributed by atoms with E-state index in [4.69, 9.17) is 14.2 Å². The number of morpholine rings is 1. The van der Waals surface area contributed by atoms with Gasteiger partial charge < -0.3 is 19.1 Å². The molecule has 0 saturated carbocycles. The Balaban J connectivity index is 1.41. The molecule has 0 radical (unpaired) electrons. The predicted octanol–water partition coefficient (Wildman–Crippen LogP) is 1.10. The van der Waals surface area contributed by atoms with E-state index in [2.05, 4.69) is 15.0 Å². The van der Waals surface area contributed by atoms with Gasteiger partial charge >= 0.3 is 0 Å². The zero-order valence-corrected chi connectivity index (χ0v) is 17.4. The van der Waals surface area contributed by atoms with Crippen LogP contribution < -0.4 is 19.9 Å². The first kappa shape index (κ1) is 20.1. The Morgan fingerprint density at radius 3 is 2.72 bits per heavy atom. The Morgan fingerprint density at radius 1 is 1.06 bits per heavy atom. The Bertz CT molecular complexity index is 1210. The lowest BCUT2D eigenvalue weighted by Gasteiger charge is -2.33. The standard InChI is InChI=1S/C22H21N5O5/c1-26-20(28)11-16(15-4-5-23-13-24-15)25-22(26)27-6-7-30-19(12-27)21(29)14-2-3-17-18(10-14)32-9-8-31-17/h2-5,10-11,13,19H,6-9,12H2,1H3. The summed E-state index contributed by atoms with van der Waals surface area (Å²) >= 11 is 0. The van der Waals surface area contributed by atoms with E-state index in [1.165, 1.54) is 17.0 Å². The molecular weight excluding hydrogens is 414 g/mol. The molecule has 5 rings (SSSR count). The van der Waals surface area contributed by atoms with Crippen LogP contribution in [0.2, 0.25) is 0 Å². The van der Waals surface area contributed by atoms with Gasteiger partial charge in [-0.15, -0.1) is 0 Å².